The molecule has 25 heavy (non-hydrogen) atoms. The summed E-state index contributed by atoms with van der Waals surface area (Å²) in [7, 11) is 0. The molecule has 2 aromatic rings. The maximum atomic E-state index is 11.8. The molecule has 0 saturated carbocycles. The second-order valence-corrected chi connectivity index (χ2v) is 6.67. The van der Waals surface area contributed by atoms with E-state index in [-0.39, 0.29) is 17.6 Å². The standard InChI is InChI=1S/C17H19N3O3S2/c1-11(2)12-3-5-14(6-4-12)23-9-15(21)19-20-17(24)18-16(22)13-7-8-25-10-13/h3-8,10-11H,9H2,1-2H3,(H,19,21)(H2,18,20,22,24). The van der Waals surface area contributed by atoms with Gasteiger partial charge in [-0.3, -0.25) is 25.8 Å². The van der Waals surface area contributed by atoms with Crippen LogP contribution in [0, 0.1) is 0 Å². The summed E-state index contributed by atoms with van der Waals surface area (Å²) in [4.78, 5) is 23.5. The lowest BCUT2D eigenvalue weighted by atomic mass is 10.0. The first-order valence-corrected chi connectivity index (χ1v) is 8.96. The van der Waals surface area contributed by atoms with E-state index in [1.54, 1.807) is 16.8 Å². The minimum atomic E-state index is -0.417. The van der Waals surface area contributed by atoms with Crippen molar-refractivity contribution in [1.82, 2.24) is 16.2 Å². The number of carbonyl (C=O) groups is 2. The largest absolute Gasteiger partial charge is 0.484 e. The number of carbonyl (C=O) groups excluding carboxylic acids is 2. The lowest BCUT2D eigenvalue weighted by molar-refractivity contribution is -0.123. The topological polar surface area (TPSA) is 79.5 Å². The van der Waals surface area contributed by atoms with Crippen LogP contribution in [0.5, 0.6) is 5.75 Å². The van der Waals surface area contributed by atoms with Crippen molar-refractivity contribution in [2.24, 2.45) is 0 Å². The van der Waals surface area contributed by atoms with Gasteiger partial charge in [0.1, 0.15) is 5.75 Å². The molecule has 0 atom stereocenters. The van der Waals surface area contributed by atoms with Crippen LogP contribution in [0.4, 0.5) is 0 Å². The van der Waals surface area contributed by atoms with Gasteiger partial charge in [-0.2, -0.15) is 11.3 Å². The normalized spacial score (nSPS) is 10.2. The van der Waals surface area contributed by atoms with Gasteiger partial charge in [0.15, 0.2) is 11.7 Å². The van der Waals surface area contributed by atoms with Crippen molar-refractivity contribution in [3.8, 4) is 5.75 Å². The van der Waals surface area contributed by atoms with E-state index in [9.17, 15) is 9.59 Å². The van der Waals surface area contributed by atoms with E-state index in [0.29, 0.717) is 17.2 Å². The van der Waals surface area contributed by atoms with E-state index < -0.39 is 5.91 Å². The van der Waals surface area contributed by atoms with Crippen LogP contribution in [0.2, 0.25) is 0 Å². The summed E-state index contributed by atoms with van der Waals surface area (Å²) in [5.41, 5.74) is 6.53. The fourth-order valence-electron chi connectivity index (χ4n) is 1.86. The average molecular weight is 377 g/mol. The van der Waals surface area contributed by atoms with Gasteiger partial charge in [0.2, 0.25) is 0 Å². The van der Waals surface area contributed by atoms with Gasteiger partial charge in [0.05, 0.1) is 5.56 Å². The van der Waals surface area contributed by atoms with E-state index in [1.807, 2.05) is 24.3 Å². The van der Waals surface area contributed by atoms with Crippen LogP contribution in [0.25, 0.3) is 0 Å². The quantitative estimate of drug-likeness (QED) is 0.551. The summed E-state index contributed by atoms with van der Waals surface area (Å²) in [5.74, 6) is 0.286. The molecule has 1 aromatic heterocycles. The van der Waals surface area contributed by atoms with Gasteiger partial charge >= 0.3 is 0 Å². The van der Waals surface area contributed by atoms with Gasteiger partial charge < -0.3 is 4.74 Å². The molecule has 0 aliphatic rings. The molecule has 2 amide bonds. The maximum Gasteiger partial charge on any atom is 0.276 e. The highest BCUT2D eigenvalue weighted by molar-refractivity contribution is 7.80. The Kier molecular flexibility index (Phi) is 6.91. The summed E-state index contributed by atoms with van der Waals surface area (Å²) in [6.45, 7) is 4.04. The summed E-state index contributed by atoms with van der Waals surface area (Å²) < 4.78 is 5.39. The Morgan fingerprint density at radius 2 is 1.88 bits per heavy atom. The minimum Gasteiger partial charge on any atom is -0.484 e. The van der Waals surface area contributed by atoms with Crippen molar-refractivity contribution >= 4 is 40.5 Å². The van der Waals surface area contributed by atoms with Crippen LogP contribution in [0.1, 0.15) is 35.7 Å². The Morgan fingerprint density at radius 1 is 1.16 bits per heavy atom. The van der Waals surface area contributed by atoms with Crippen LogP contribution < -0.4 is 20.9 Å². The number of hydrazine groups is 1. The van der Waals surface area contributed by atoms with E-state index >= 15 is 0 Å². The number of ether oxygens (including phenoxy) is 1. The van der Waals surface area contributed by atoms with Crippen molar-refractivity contribution in [1.29, 1.82) is 0 Å². The number of hydrogen-bond donors (Lipinski definition) is 3. The molecule has 1 aromatic carbocycles. The van der Waals surface area contributed by atoms with Gasteiger partial charge in [0.25, 0.3) is 11.8 Å². The maximum absolute atomic E-state index is 11.8. The van der Waals surface area contributed by atoms with Crippen LogP contribution >= 0.6 is 23.6 Å². The Morgan fingerprint density at radius 3 is 2.48 bits per heavy atom. The molecule has 1 heterocycles. The molecular weight excluding hydrogens is 358 g/mol. The lowest BCUT2D eigenvalue weighted by Crippen LogP contribution is -2.49. The molecule has 0 spiro atoms. The summed E-state index contributed by atoms with van der Waals surface area (Å²) in [5, 5.41) is 5.96. The molecule has 132 valence electrons. The van der Waals surface area contributed by atoms with E-state index in [2.05, 4.69) is 30.0 Å². The van der Waals surface area contributed by atoms with Gasteiger partial charge in [0, 0.05) is 5.38 Å². The monoisotopic (exact) mass is 377 g/mol. The fourth-order valence-corrected chi connectivity index (χ4v) is 2.64. The highest BCUT2D eigenvalue weighted by Crippen LogP contribution is 2.18. The van der Waals surface area contributed by atoms with Crippen LogP contribution in [0.15, 0.2) is 41.1 Å². The second-order valence-electron chi connectivity index (χ2n) is 5.48. The molecule has 0 fully saturated rings. The molecule has 0 bridgehead atoms. The highest BCUT2D eigenvalue weighted by Gasteiger charge is 2.09. The summed E-state index contributed by atoms with van der Waals surface area (Å²) >= 11 is 6.35. The third-order valence-corrected chi connectivity index (χ3v) is 4.13. The van der Waals surface area contributed by atoms with E-state index in [0.717, 1.165) is 0 Å². The first-order chi connectivity index (χ1) is 12.0. The predicted octanol–water partition coefficient (Wildman–Crippen LogP) is 2.59. The lowest BCUT2D eigenvalue weighted by Gasteiger charge is -2.11. The van der Waals surface area contributed by atoms with Crippen molar-refractivity contribution in [2.75, 3.05) is 6.61 Å². The zero-order valence-electron chi connectivity index (χ0n) is 13.9. The van der Waals surface area contributed by atoms with Crippen molar-refractivity contribution in [3.63, 3.8) is 0 Å². The van der Waals surface area contributed by atoms with Crippen LogP contribution in [0.3, 0.4) is 0 Å². The molecule has 8 heteroatoms. The zero-order chi connectivity index (χ0) is 18.2. The number of nitrogens with one attached hydrogen (secondary N) is 3. The molecule has 6 nitrogen and oxygen atoms in total. The Bertz CT molecular complexity index is 728. The SMILES string of the molecule is CC(C)c1ccc(OCC(=O)NNC(=S)NC(=O)c2ccsc2)cc1. The average Bonchev–Trinajstić information content (AvgIpc) is 3.13. The first-order valence-electron chi connectivity index (χ1n) is 7.61. The molecule has 2 rings (SSSR count). The minimum absolute atomic E-state index is 0.00540. The van der Waals surface area contributed by atoms with E-state index in [4.69, 9.17) is 17.0 Å². The van der Waals surface area contributed by atoms with Gasteiger partial charge in [-0.05, 0) is 47.3 Å². The molecule has 0 radical (unpaired) electrons. The van der Waals surface area contributed by atoms with Gasteiger partial charge in [-0.1, -0.05) is 26.0 Å². The van der Waals surface area contributed by atoms with Gasteiger partial charge in [-0.15, -0.1) is 0 Å². The molecule has 0 saturated heterocycles. The van der Waals surface area contributed by atoms with Crippen LogP contribution in [-0.2, 0) is 4.79 Å². The Balaban J connectivity index is 1.69. The molecular formula is C17H19N3O3S2. The summed E-state index contributed by atoms with van der Waals surface area (Å²) in [6.07, 6.45) is 0. The van der Waals surface area contributed by atoms with Crippen molar-refractivity contribution < 1.29 is 14.3 Å². The smallest absolute Gasteiger partial charge is 0.276 e. The van der Waals surface area contributed by atoms with Crippen LogP contribution in [-0.4, -0.2) is 23.5 Å². The fraction of sp³-hybridized carbons (Fsp3) is 0.235. The van der Waals surface area contributed by atoms with Crippen molar-refractivity contribution in [3.05, 3.63) is 52.2 Å². The van der Waals surface area contributed by atoms with Gasteiger partial charge in [-0.25, -0.2) is 0 Å². The number of rotatable bonds is 5. The highest BCUT2D eigenvalue weighted by atomic mass is 32.1. The predicted molar refractivity (Wildman–Crippen MR) is 102 cm³/mol. The number of thiocarbonyl (C=S) groups is 1. The zero-order valence-corrected chi connectivity index (χ0v) is 15.5. The molecule has 0 aliphatic carbocycles. The number of benzene rings is 1. The molecule has 0 unspecified atom stereocenters. The van der Waals surface area contributed by atoms with E-state index in [1.165, 1.54) is 16.9 Å². The van der Waals surface area contributed by atoms with Crippen molar-refractivity contribution in [2.45, 2.75) is 19.8 Å². The summed E-state index contributed by atoms with van der Waals surface area (Å²) in [6, 6.07) is 9.25. The third kappa shape index (κ3) is 6.17. The molecule has 3 N–H and O–H groups in total. The third-order valence-electron chi connectivity index (χ3n) is 3.24. The molecule has 0 aliphatic heterocycles. The number of amides is 2. The Hall–Kier alpha value is -2.45. The number of thiophene rings is 1. The first kappa shape index (κ1) is 18.9. The Labute approximate surface area is 155 Å². The number of hydrogen-bond acceptors (Lipinski definition) is 5. The second kappa shape index (κ2) is 9.14.